The van der Waals surface area contributed by atoms with E-state index in [2.05, 4.69) is 0 Å². The summed E-state index contributed by atoms with van der Waals surface area (Å²) in [4.78, 5) is 0. The molecule has 0 atom stereocenters. The zero-order chi connectivity index (χ0) is 15.2. The summed E-state index contributed by atoms with van der Waals surface area (Å²) in [6, 6.07) is 16.8. The van der Waals surface area contributed by atoms with Gasteiger partial charge in [0.25, 0.3) is 0 Å². The minimum atomic E-state index is -3.75. The summed E-state index contributed by atoms with van der Waals surface area (Å²) in [6.07, 6.45) is 1.74. The van der Waals surface area contributed by atoms with Gasteiger partial charge in [0.05, 0.1) is 12.5 Å². The Morgan fingerprint density at radius 2 is 1.19 bits per heavy atom. The van der Waals surface area contributed by atoms with Gasteiger partial charge in [-0.05, 0) is 0 Å². The summed E-state index contributed by atoms with van der Waals surface area (Å²) in [6.45, 7) is -0.148. The molecule has 8 heteroatoms. The molecule has 0 saturated heterocycles. The van der Waals surface area contributed by atoms with Crippen LogP contribution in [0.4, 0.5) is 0 Å². The summed E-state index contributed by atoms with van der Waals surface area (Å²) in [7, 11) is -7.51. The largest absolute Gasteiger partial charge is 0.748 e. The van der Waals surface area contributed by atoms with Crippen molar-refractivity contribution >= 4 is 20.0 Å². The van der Waals surface area contributed by atoms with Crippen molar-refractivity contribution in [2.24, 2.45) is 0 Å². The van der Waals surface area contributed by atoms with E-state index in [0.29, 0.717) is 9.27 Å². The molecule has 21 heavy (non-hydrogen) atoms. The van der Waals surface area contributed by atoms with Crippen molar-refractivity contribution in [1.82, 2.24) is 3.71 Å². The average molecular weight is 371 g/mol. The van der Waals surface area contributed by atoms with Crippen molar-refractivity contribution in [2.75, 3.05) is 12.5 Å². The maximum absolute atomic E-state index is 11.3. The molecule has 0 radical (unpaired) electrons. The van der Waals surface area contributed by atoms with Crippen LogP contribution in [0.5, 0.6) is 0 Å². The van der Waals surface area contributed by atoms with Crippen LogP contribution in [0.3, 0.4) is 0 Å². The van der Waals surface area contributed by atoms with Gasteiger partial charge in [-0.25, -0.2) is 29.0 Å². The van der Waals surface area contributed by atoms with E-state index in [0.717, 1.165) is 12.5 Å². The molecule has 0 heterocycles. The van der Waals surface area contributed by atoms with Gasteiger partial charge in [0, 0.05) is 23.6 Å². The Balaban J connectivity index is 0.000000562. The number of hydrogen-bond donors (Lipinski definition) is 0. The fraction of sp³-hybridized carbons (Fsp3) is 0.231. The smallest absolute Gasteiger partial charge is 0.223 e. The third-order valence-electron chi connectivity index (χ3n) is 2.34. The number of nitrogens with zero attached hydrogens (tertiary/aromatic N) is 1. The Bertz CT molecular complexity index is 640. The van der Waals surface area contributed by atoms with Gasteiger partial charge in [-0.3, -0.25) is 0 Å². The molecule has 0 fully saturated rings. The van der Waals surface area contributed by atoms with Gasteiger partial charge in [0.15, 0.2) is 0 Å². The summed E-state index contributed by atoms with van der Waals surface area (Å²) in [5.41, 5.74) is 0.644. The fourth-order valence-electron chi connectivity index (χ4n) is 1.47. The first-order chi connectivity index (χ1) is 9.21. The van der Waals surface area contributed by atoms with Gasteiger partial charge in [-0.2, -0.15) is 12.1 Å². The molecule has 0 aromatic heterocycles. The Morgan fingerprint density at radius 3 is 1.48 bits per heavy atom. The molecule has 0 aliphatic carbocycles. The van der Waals surface area contributed by atoms with Gasteiger partial charge in [-0.1, -0.05) is 0 Å². The van der Waals surface area contributed by atoms with Crippen LogP contribution in [0, 0.1) is 0 Å². The minimum Gasteiger partial charge on any atom is -0.748 e. The van der Waals surface area contributed by atoms with Gasteiger partial charge in [0.2, 0.25) is 20.0 Å². The molecular formula is C13H17FeNO4S2-6. The predicted molar refractivity (Wildman–Crippen MR) is 79.3 cm³/mol. The van der Waals surface area contributed by atoms with Crippen molar-refractivity contribution < 1.29 is 33.9 Å². The number of sulfonamides is 2. The molecule has 2 rings (SSSR count). The molecule has 0 aliphatic heterocycles. The number of hydrogen-bond acceptors (Lipinski definition) is 4. The van der Waals surface area contributed by atoms with Gasteiger partial charge < -0.3 is 30.3 Å². The minimum absolute atomic E-state index is 0. The second-order valence-electron chi connectivity index (χ2n) is 4.21. The molecule has 0 unspecified atom stereocenters. The topological polar surface area (TPSA) is 71.5 Å². The second-order valence-corrected chi connectivity index (χ2v) is 8.26. The average Bonchev–Trinajstić information content (AvgIpc) is 2.99. The Labute approximate surface area is 136 Å². The van der Waals surface area contributed by atoms with E-state index in [-0.39, 0.29) is 23.6 Å². The van der Waals surface area contributed by atoms with E-state index in [4.69, 9.17) is 0 Å². The monoisotopic (exact) mass is 371 g/mol. The molecule has 124 valence electrons. The standard InChI is InChI=1S/C8H12NO4S2.C5H5.Fe/c1-14(10,11)9(15(2,12)13)7-8-5-3-4-6-8;1-2-4-5-3-1;/h3-6H,7H2,1-2H3;1-5H;/q-1;-5;. The third-order valence-corrected chi connectivity index (χ3v) is 5.70. The molecule has 0 amide bonds. The third kappa shape index (κ3) is 7.59. The summed E-state index contributed by atoms with van der Waals surface area (Å²) in [5.74, 6) is 0. The summed E-state index contributed by atoms with van der Waals surface area (Å²) >= 11 is 0. The van der Waals surface area contributed by atoms with Crippen molar-refractivity contribution in [3.8, 4) is 0 Å². The van der Waals surface area contributed by atoms with Crippen LogP contribution in [-0.2, 0) is 43.7 Å². The maximum atomic E-state index is 11.3. The molecule has 0 saturated carbocycles. The predicted octanol–water partition coefficient (Wildman–Crippen LogP) is 1.53. The molecule has 0 aliphatic rings. The van der Waals surface area contributed by atoms with Crippen molar-refractivity contribution in [2.45, 2.75) is 6.54 Å². The van der Waals surface area contributed by atoms with Crippen LogP contribution in [0.2, 0.25) is 0 Å². The molecule has 2 aromatic carbocycles. The van der Waals surface area contributed by atoms with E-state index in [1.807, 2.05) is 30.3 Å². The Hall–Kier alpha value is -0.921. The molecule has 2 aromatic rings. The maximum Gasteiger partial charge on any atom is 0.223 e. The van der Waals surface area contributed by atoms with Crippen LogP contribution in [0.15, 0.2) is 54.6 Å². The van der Waals surface area contributed by atoms with E-state index in [1.54, 1.807) is 24.3 Å². The summed E-state index contributed by atoms with van der Waals surface area (Å²) in [5, 5.41) is 0. The molecule has 0 spiro atoms. The SMILES string of the molecule is CS(=O)(=O)N(C[c-]1cccc1)S(C)(=O)=O.[Fe].[cH-]1[cH-][cH-][cH-][cH-]1. The van der Waals surface area contributed by atoms with Crippen molar-refractivity contribution in [3.63, 3.8) is 0 Å². The van der Waals surface area contributed by atoms with Crippen LogP contribution >= 0.6 is 0 Å². The first-order valence-corrected chi connectivity index (χ1v) is 9.46. The Morgan fingerprint density at radius 1 is 0.857 bits per heavy atom. The quantitative estimate of drug-likeness (QED) is 0.604. The van der Waals surface area contributed by atoms with Crippen LogP contribution in [-0.4, -0.2) is 33.1 Å². The van der Waals surface area contributed by atoms with E-state index >= 15 is 0 Å². The van der Waals surface area contributed by atoms with Crippen molar-refractivity contribution in [1.29, 1.82) is 0 Å². The Kier molecular flexibility index (Phi) is 8.13. The molecule has 0 N–H and O–H groups in total. The van der Waals surface area contributed by atoms with Gasteiger partial charge in [0.1, 0.15) is 0 Å². The van der Waals surface area contributed by atoms with E-state index < -0.39 is 20.0 Å². The molecular weight excluding hydrogens is 354 g/mol. The van der Waals surface area contributed by atoms with Crippen LogP contribution in [0.25, 0.3) is 0 Å². The van der Waals surface area contributed by atoms with E-state index in [9.17, 15) is 16.8 Å². The van der Waals surface area contributed by atoms with Gasteiger partial charge in [-0.15, -0.1) is 9.27 Å². The molecule has 5 nitrogen and oxygen atoms in total. The first kappa shape index (κ1) is 20.1. The zero-order valence-corrected chi connectivity index (χ0v) is 14.4. The second kappa shape index (κ2) is 8.50. The summed E-state index contributed by atoms with van der Waals surface area (Å²) < 4.78 is 45.5. The van der Waals surface area contributed by atoms with Crippen LogP contribution in [0.1, 0.15) is 5.56 Å². The molecule has 0 bridgehead atoms. The first-order valence-electron chi connectivity index (χ1n) is 5.76. The van der Waals surface area contributed by atoms with E-state index in [1.165, 1.54) is 0 Å². The van der Waals surface area contributed by atoms with Gasteiger partial charge >= 0.3 is 0 Å². The zero-order valence-electron chi connectivity index (χ0n) is 11.7. The number of rotatable bonds is 4. The van der Waals surface area contributed by atoms with Crippen molar-refractivity contribution in [3.05, 3.63) is 60.2 Å². The van der Waals surface area contributed by atoms with Crippen LogP contribution < -0.4 is 0 Å². The normalized spacial score (nSPS) is 11.4. The fourth-order valence-corrected chi connectivity index (χ4v) is 4.20.